The summed E-state index contributed by atoms with van der Waals surface area (Å²) in [4.78, 5) is 27.9. The fourth-order valence-electron chi connectivity index (χ4n) is 3.66. The second-order valence-electron chi connectivity index (χ2n) is 8.70. The second kappa shape index (κ2) is 11.8. The summed E-state index contributed by atoms with van der Waals surface area (Å²) in [6.45, 7) is 5.69. The van der Waals surface area contributed by atoms with E-state index in [2.05, 4.69) is 5.32 Å². The second-order valence-corrected chi connectivity index (χ2v) is 11.0. The maximum atomic E-state index is 13.6. The first-order valence-electron chi connectivity index (χ1n) is 11.7. The van der Waals surface area contributed by atoms with Crippen molar-refractivity contribution < 1.29 is 27.5 Å². The van der Waals surface area contributed by atoms with Crippen LogP contribution in [0.1, 0.15) is 32.8 Å². The quantitative estimate of drug-likeness (QED) is 0.499. The monoisotopic (exact) mass is 537 g/mol. The van der Waals surface area contributed by atoms with E-state index in [9.17, 15) is 18.0 Å². The van der Waals surface area contributed by atoms with E-state index in [0.29, 0.717) is 35.3 Å². The fourth-order valence-corrected chi connectivity index (χ4v) is 4.70. The number of anilines is 1. The SMILES string of the molecule is CCC(C)NC(=O)C(C)N(Cc1ccccc1Cl)C(=O)CN(c1ccc2c(c1)OCCO2)S(C)(=O)=O. The molecule has 9 nitrogen and oxygen atoms in total. The molecule has 0 radical (unpaired) electrons. The molecule has 2 atom stereocenters. The Labute approximate surface area is 217 Å². The first-order chi connectivity index (χ1) is 17.0. The molecule has 1 aliphatic rings. The Kier molecular flexibility index (Phi) is 9.08. The van der Waals surface area contributed by atoms with E-state index in [-0.39, 0.29) is 24.2 Å². The lowest BCUT2D eigenvalue weighted by Crippen LogP contribution is -2.52. The van der Waals surface area contributed by atoms with Gasteiger partial charge in [-0.15, -0.1) is 0 Å². The van der Waals surface area contributed by atoms with Crippen LogP contribution in [0.15, 0.2) is 42.5 Å². The van der Waals surface area contributed by atoms with Gasteiger partial charge in [0.05, 0.1) is 11.9 Å². The summed E-state index contributed by atoms with van der Waals surface area (Å²) < 4.78 is 37.6. The largest absolute Gasteiger partial charge is 0.486 e. The normalized spacial score (nSPS) is 14.5. The first-order valence-corrected chi connectivity index (χ1v) is 13.9. The maximum absolute atomic E-state index is 13.6. The zero-order valence-corrected chi connectivity index (χ0v) is 22.4. The van der Waals surface area contributed by atoms with Crippen LogP contribution in [0.25, 0.3) is 0 Å². The van der Waals surface area contributed by atoms with E-state index in [4.69, 9.17) is 21.1 Å². The molecule has 1 heterocycles. The standard InChI is InChI=1S/C25H32ClN3O6S/c1-5-17(2)27-25(31)18(3)28(15-19-8-6-7-9-21(19)26)24(30)16-29(36(4,32)33)20-10-11-22-23(14-20)35-13-12-34-22/h6-11,14,17-18H,5,12-13,15-16H2,1-4H3,(H,27,31). The number of hydrogen-bond acceptors (Lipinski definition) is 6. The minimum Gasteiger partial charge on any atom is -0.486 e. The van der Waals surface area contributed by atoms with Gasteiger partial charge in [-0.1, -0.05) is 36.7 Å². The lowest BCUT2D eigenvalue weighted by molar-refractivity contribution is -0.139. The van der Waals surface area contributed by atoms with Gasteiger partial charge in [0.15, 0.2) is 11.5 Å². The van der Waals surface area contributed by atoms with Crippen LogP contribution in [-0.2, 0) is 26.2 Å². The van der Waals surface area contributed by atoms with Gasteiger partial charge < -0.3 is 19.7 Å². The number of halogens is 1. The first kappa shape index (κ1) is 27.6. The van der Waals surface area contributed by atoms with Gasteiger partial charge in [-0.2, -0.15) is 0 Å². The van der Waals surface area contributed by atoms with E-state index in [1.807, 2.05) is 13.8 Å². The van der Waals surface area contributed by atoms with Crippen LogP contribution in [-0.4, -0.2) is 63.2 Å². The summed E-state index contributed by atoms with van der Waals surface area (Å²) in [6, 6.07) is 10.7. The molecular weight excluding hydrogens is 506 g/mol. The van der Waals surface area contributed by atoms with Crippen LogP contribution in [0.3, 0.4) is 0 Å². The molecule has 0 fully saturated rings. The third-order valence-electron chi connectivity index (χ3n) is 5.96. The predicted octanol–water partition coefficient (Wildman–Crippen LogP) is 3.21. The Balaban J connectivity index is 1.92. The van der Waals surface area contributed by atoms with E-state index < -0.39 is 28.5 Å². The number of nitrogens with zero attached hydrogens (tertiary/aromatic N) is 2. The van der Waals surface area contributed by atoms with Gasteiger partial charge in [-0.25, -0.2) is 8.42 Å². The van der Waals surface area contributed by atoms with E-state index in [1.165, 1.54) is 11.0 Å². The molecule has 3 rings (SSSR count). The molecular formula is C25H32ClN3O6S. The van der Waals surface area contributed by atoms with E-state index in [1.54, 1.807) is 43.3 Å². The van der Waals surface area contributed by atoms with Crippen molar-refractivity contribution in [1.82, 2.24) is 10.2 Å². The molecule has 2 aromatic rings. The van der Waals surface area contributed by atoms with Crippen molar-refractivity contribution in [1.29, 1.82) is 0 Å². The Morgan fingerprint density at radius 1 is 1.08 bits per heavy atom. The zero-order valence-electron chi connectivity index (χ0n) is 20.9. The van der Waals surface area contributed by atoms with Gasteiger partial charge in [0.2, 0.25) is 21.8 Å². The molecule has 0 aromatic heterocycles. The smallest absolute Gasteiger partial charge is 0.244 e. The number of carbonyl (C=O) groups excluding carboxylic acids is 2. The fraction of sp³-hybridized carbons (Fsp3) is 0.440. The molecule has 196 valence electrons. The third kappa shape index (κ3) is 6.82. The summed E-state index contributed by atoms with van der Waals surface area (Å²) in [5.74, 6) is 0.00607. The molecule has 0 bridgehead atoms. The van der Waals surface area contributed by atoms with Crippen molar-refractivity contribution >= 4 is 39.1 Å². The number of rotatable bonds is 10. The maximum Gasteiger partial charge on any atom is 0.244 e. The van der Waals surface area contributed by atoms with Gasteiger partial charge in [-0.05, 0) is 44.0 Å². The van der Waals surface area contributed by atoms with Crippen LogP contribution in [0.4, 0.5) is 5.69 Å². The van der Waals surface area contributed by atoms with Gasteiger partial charge in [-0.3, -0.25) is 13.9 Å². The number of hydrogen-bond donors (Lipinski definition) is 1. The molecule has 0 saturated heterocycles. The Morgan fingerprint density at radius 3 is 2.39 bits per heavy atom. The number of carbonyl (C=O) groups is 2. The molecule has 2 amide bonds. The highest BCUT2D eigenvalue weighted by Crippen LogP contribution is 2.34. The van der Waals surface area contributed by atoms with Gasteiger partial charge in [0, 0.05) is 23.7 Å². The predicted molar refractivity (Wildman–Crippen MR) is 139 cm³/mol. The summed E-state index contributed by atoms with van der Waals surface area (Å²) in [5, 5.41) is 3.33. The van der Waals surface area contributed by atoms with Crippen molar-refractivity contribution in [3.05, 3.63) is 53.1 Å². The molecule has 1 N–H and O–H groups in total. The van der Waals surface area contributed by atoms with Gasteiger partial charge >= 0.3 is 0 Å². The average molecular weight is 538 g/mol. The highest BCUT2D eigenvalue weighted by atomic mass is 35.5. The van der Waals surface area contributed by atoms with Crippen molar-refractivity contribution in [3.8, 4) is 11.5 Å². The highest BCUT2D eigenvalue weighted by molar-refractivity contribution is 7.92. The molecule has 0 saturated carbocycles. The third-order valence-corrected chi connectivity index (χ3v) is 7.47. The van der Waals surface area contributed by atoms with Crippen molar-refractivity contribution in [2.75, 3.05) is 30.3 Å². The lowest BCUT2D eigenvalue weighted by atomic mass is 10.1. The molecule has 36 heavy (non-hydrogen) atoms. The van der Waals surface area contributed by atoms with Crippen LogP contribution in [0, 0.1) is 0 Å². The Morgan fingerprint density at radius 2 is 1.75 bits per heavy atom. The Bertz CT molecular complexity index is 1210. The number of sulfonamides is 1. The zero-order chi connectivity index (χ0) is 26.5. The van der Waals surface area contributed by atoms with Crippen LogP contribution in [0.5, 0.6) is 11.5 Å². The van der Waals surface area contributed by atoms with Gasteiger partial charge in [0.1, 0.15) is 25.8 Å². The molecule has 0 spiro atoms. The Hall–Kier alpha value is -2.98. The molecule has 11 heteroatoms. The minimum atomic E-state index is -3.86. The van der Waals surface area contributed by atoms with Crippen LogP contribution in [0.2, 0.25) is 5.02 Å². The topological polar surface area (TPSA) is 105 Å². The van der Waals surface area contributed by atoms with Crippen molar-refractivity contribution in [3.63, 3.8) is 0 Å². The summed E-state index contributed by atoms with van der Waals surface area (Å²) in [7, 11) is -3.86. The number of benzene rings is 2. The lowest BCUT2D eigenvalue weighted by Gasteiger charge is -2.32. The van der Waals surface area contributed by atoms with Crippen molar-refractivity contribution in [2.24, 2.45) is 0 Å². The average Bonchev–Trinajstić information content (AvgIpc) is 2.85. The number of amides is 2. The highest BCUT2D eigenvalue weighted by Gasteiger charge is 2.31. The van der Waals surface area contributed by atoms with Crippen LogP contribution < -0.4 is 19.1 Å². The van der Waals surface area contributed by atoms with Crippen molar-refractivity contribution in [2.45, 2.75) is 45.8 Å². The molecule has 1 aliphatic heterocycles. The van der Waals surface area contributed by atoms with E-state index >= 15 is 0 Å². The molecule has 2 unspecified atom stereocenters. The van der Waals surface area contributed by atoms with Crippen LogP contribution >= 0.6 is 11.6 Å². The van der Waals surface area contributed by atoms with E-state index in [0.717, 1.165) is 17.0 Å². The summed E-state index contributed by atoms with van der Waals surface area (Å²) in [6.07, 6.45) is 1.75. The number of nitrogens with one attached hydrogen (secondary N) is 1. The summed E-state index contributed by atoms with van der Waals surface area (Å²) in [5.41, 5.74) is 0.894. The minimum absolute atomic E-state index is 0.0341. The molecule has 2 aromatic carbocycles. The number of fused-ring (bicyclic) bond motifs is 1. The molecule has 0 aliphatic carbocycles. The number of ether oxygens (including phenoxy) is 2. The van der Waals surface area contributed by atoms with Gasteiger partial charge in [0.25, 0.3) is 0 Å². The summed E-state index contributed by atoms with van der Waals surface area (Å²) >= 11 is 6.34.